The predicted octanol–water partition coefficient (Wildman–Crippen LogP) is 3.27. The fraction of sp³-hybridized carbons (Fsp3) is 0.455. The lowest BCUT2D eigenvalue weighted by molar-refractivity contribution is 0.143. The number of rotatable bonds is 10. The molecule has 6 nitrogen and oxygen atoms in total. The Hall–Kier alpha value is -2.60. The molecule has 1 heterocycles. The lowest BCUT2D eigenvalue weighted by Gasteiger charge is -2.16. The van der Waals surface area contributed by atoms with Crippen molar-refractivity contribution in [2.75, 3.05) is 33.4 Å². The molecule has 1 unspecified atom stereocenters. The molecular weight excluding hydrogens is 352 g/mol. The van der Waals surface area contributed by atoms with Gasteiger partial charge in [0, 0.05) is 32.5 Å². The first kappa shape index (κ1) is 21.7. The summed E-state index contributed by atoms with van der Waals surface area (Å²) in [6.45, 7) is 9.64. The molecule has 2 N–H and O–H groups in total. The summed E-state index contributed by atoms with van der Waals surface area (Å²) in [5.74, 6) is 1.80. The summed E-state index contributed by atoms with van der Waals surface area (Å²) in [4.78, 5) is 8.97. The molecule has 1 atom stereocenters. The summed E-state index contributed by atoms with van der Waals surface area (Å²) < 4.78 is 10.4. The van der Waals surface area contributed by atoms with Crippen molar-refractivity contribution in [3.63, 3.8) is 0 Å². The Morgan fingerprint density at radius 1 is 1.18 bits per heavy atom. The first-order chi connectivity index (χ1) is 13.6. The molecule has 0 saturated carbocycles. The summed E-state index contributed by atoms with van der Waals surface area (Å²) in [6, 6.07) is 12.5. The van der Waals surface area contributed by atoms with Crippen molar-refractivity contribution in [3.05, 3.63) is 59.3 Å². The zero-order valence-corrected chi connectivity index (χ0v) is 17.4. The predicted molar refractivity (Wildman–Crippen MR) is 114 cm³/mol. The molecule has 1 aromatic heterocycles. The van der Waals surface area contributed by atoms with Crippen molar-refractivity contribution in [1.82, 2.24) is 15.6 Å². The van der Waals surface area contributed by atoms with Gasteiger partial charge in [-0.25, -0.2) is 9.98 Å². The van der Waals surface area contributed by atoms with Gasteiger partial charge in [-0.3, -0.25) is 0 Å². The molecule has 0 aliphatic rings. The van der Waals surface area contributed by atoms with Gasteiger partial charge in [-0.05, 0) is 30.9 Å². The van der Waals surface area contributed by atoms with Crippen LogP contribution >= 0.6 is 0 Å². The first-order valence-electron chi connectivity index (χ1n) is 9.77. The topological polar surface area (TPSA) is 67.8 Å². The Bertz CT molecular complexity index is 732. The van der Waals surface area contributed by atoms with E-state index >= 15 is 0 Å². The number of nitrogens with one attached hydrogen (secondary N) is 2. The maximum absolute atomic E-state index is 5.48. The summed E-state index contributed by atoms with van der Waals surface area (Å²) >= 11 is 0. The average molecular weight is 385 g/mol. The number of methoxy groups -OCH3 is 1. The van der Waals surface area contributed by atoms with Crippen LogP contribution in [-0.2, 0) is 11.3 Å². The van der Waals surface area contributed by atoms with Gasteiger partial charge in [0.25, 0.3) is 0 Å². The Balaban J connectivity index is 1.89. The number of hydrogen-bond donors (Lipinski definition) is 2. The van der Waals surface area contributed by atoms with Crippen LogP contribution in [0.25, 0.3) is 0 Å². The second-order valence-corrected chi connectivity index (χ2v) is 6.74. The van der Waals surface area contributed by atoms with E-state index in [0.717, 1.165) is 24.6 Å². The van der Waals surface area contributed by atoms with Gasteiger partial charge in [-0.15, -0.1) is 0 Å². The molecule has 152 valence electrons. The Labute approximate surface area is 168 Å². The quantitative estimate of drug-likeness (QED) is 0.374. The van der Waals surface area contributed by atoms with Gasteiger partial charge in [-0.1, -0.05) is 42.8 Å². The molecule has 0 fully saturated rings. The van der Waals surface area contributed by atoms with Crippen molar-refractivity contribution < 1.29 is 9.47 Å². The lowest BCUT2D eigenvalue weighted by Crippen LogP contribution is -2.39. The van der Waals surface area contributed by atoms with Crippen LogP contribution in [0.5, 0.6) is 5.88 Å². The highest BCUT2D eigenvalue weighted by Gasteiger charge is 2.07. The average Bonchev–Trinajstić information content (AvgIpc) is 2.71. The van der Waals surface area contributed by atoms with E-state index in [2.05, 4.69) is 65.6 Å². The van der Waals surface area contributed by atoms with E-state index in [9.17, 15) is 0 Å². The summed E-state index contributed by atoms with van der Waals surface area (Å²) in [7, 11) is 1.65. The normalized spacial score (nSPS) is 12.5. The van der Waals surface area contributed by atoms with E-state index < -0.39 is 0 Å². The van der Waals surface area contributed by atoms with Crippen molar-refractivity contribution in [2.24, 2.45) is 4.99 Å². The molecular formula is C22H32N4O2. The third-order valence-corrected chi connectivity index (χ3v) is 4.29. The minimum Gasteiger partial charge on any atom is -0.475 e. The molecule has 0 aliphatic heterocycles. The van der Waals surface area contributed by atoms with E-state index in [4.69, 9.17) is 9.47 Å². The van der Waals surface area contributed by atoms with E-state index in [1.165, 1.54) is 11.1 Å². The van der Waals surface area contributed by atoms with Crippen LogP contribution in [0.15, 0.2) is 47.6 Å². The van der Waals surface area contributed by atoms with Crippen LogP contribution in [-0.4, -0.2) is 44.4 Å². The van der Waals surface area contributed by atoms with Crippen molar-refractivity contribution >= 4 is 5.96 Å². The molecule has 0 radical (unpaired) electrons. The standard InChI is InChI=1S/C22H32N4O2/c1-5-23-22(25-14-18(3)20-8-6-7-17(2)13-20)26-16-19-9-10-21(24-15-19)28-12-11-27-4/h6-10,13,15,18H,5,11-12,14,16H2,1-4H3,(H2,23,25,26). The number of aromatic nitrogens is 1. The number of aliphatic imine (C=N–C) groups is 1. The smallest absolute Gasteiger partial charge is 0.213 e. The van der Waals surface area contributed by atoms with Crippen LogP contribution in [0.1, 0.15) is 36.5 Å². The van der Waals surface area contributed by atoms with Crippen molar-refractivity contribution in [3.8, 4) is 5.88 Å². The molecule has 1 aromatic carbocycles. The minimum atomic E-state index is 0.397. The molecule has 6 heteroatoms. The van der Waals surface area contributed by atoms with Gasteiger partial charge in [0.15, 0.2) is 5.96 Å². The third kappa shape index (κ3) is 7.56. The van der Waals surface area contributed by atoms with Crippen LogP contribution in [0, 0.1) is 6.92 Å². The molecule has 0 bridgehead atoms. The minimum absolute atomic E-state index is 0.397. The van der Waals surface area contributed by atoms with E-state index in [0.29, 0.717) is 31.6 Å². The number of pyridine rings is 1. The molecule has 28 heavy (non-hydrogen) atoms. The zero-order chi connectivity index (χ0) is 20.2. The van der Waals surface area contributed by atoms with Crippen molar-refractivity contribution in [2.45, 2.75) is 33.2 Å². The third-order valence-electron chi connectivity index (χ3n) is 4.29. The van der Waals surface area contributed by atoms with Crippen molar-refractivity contribution in [1.29, 1.82) is 0 Å². The first-order valence-corrected chi connectivity index (χ1v) is 9.77. The summed E-state index contributed by atoms with van der Waals surface area (Å²) in [5, 5.41) is 6.73. The van der Waals surface area contributed by atoms with Crippen LogP contribution in [0.3, 0.4) is 0 Å². The highest BCUT2D eigenvalue weighted by molar-refractivity contribution is 5.79. The van der Waals surface area contributed by atoms with Gasteiger partial charge in [0.2, 0.25) is 5.88 Å². The van der Waals surface area contributed by atoms with Gasteiger partial charge < -0.3 is 20.1 Å². The van der Waals surface area contributed by atoms with Crippen LogP contribution in [0.4, 0.5) is 0 Å². The number of guanidine groups is 1. The monoisotopic (exact) mass is 384 g/mol. The van der Waals surface area contributed by atoms with E-state index in [-0.39, 0.29) is 0 Å². The molecule has 0 aliphatic carbocycles. The maximum Gasteiger partial charge on any atom is 0.213 e. The molecule has 0 amide bonds. The van der Waals surface area contributed by atoms with Gasteiger partial charge in [0.1, 0.15) is 6.61 Å². The van der Waals surface area contributed by atoms with Gasteiger partial charge in [0.05, 0.1) is 13.2 Å². The van der Waals surface area contributed by atoms with Crippen LogP contribution < -0.4 is 15.4 Å². The SMILES string of the molecule is CCNC(=NCc1ccc(OCCOC)nc1)NCC(C)c1cccc(C)c1. The maximum atomic E-state index is 5.48. The Kier molecular flexibility index (Phi) is 9.28. The molecule has 0 saturated heterocycles. The molecule has 0 spiro atoms. The molecule has 2 rings (SSSR count). The van der Waals surface area contributed by atoms with Gasteiger partial charge in [-0.2, -0.15) is 0 Å². The van der Waals surface area contributed by atoms with E-state index in [1.807, 2.05) is 12.1 Å². The highest BCUT2D eigenvalue weighted by atomic mass is 16.5. The highest BCUT2D eigenvalue weighted by Crippen LogP contribution is 2.15. The summed E-state index contributed by atoms with van der Waals surface area (Å²) in [5.41, 5.74) is 3.65. The fourth-order valence-corrected chi connectivity index (χ4v) is 2.68. The zero-order valence-electron chi connectivity index (χ0n) is 17.4. The number of benzene rings is 1. The van der Waals surface area contributed by atoms with Gasteiger partial charge >= 0.3 is 0 Å². The van der Waals surface area contributed by atoms with E-state index in [1.54, 1.807) is 13.3 Å². The Morgan fingerprint density at radius 3 is 2.71 bits per heavy atom. The second kappa shape index (κ2) is 12.0. The number of hydrogen-bond acceptors (Lipinski definition) is 4. The molecule has 2 aromatic rings. The summed E-state index contributed by atoms with van der Waals surface area (Å²) in [6.07, 6.45) is 1.80. The fourth-order valence-electron chi connectivity index (χ4n) is 2.68. The Morgan fingerprint density at radius 2 is 2.04 bits per heavy atom. The number of aryl methyl sites for hydroxylation is 1. The largest absolute Gasteiger partial charge is 0.475 e. The number of ether oxygens (including phenoxy) is 2. The van der Waals surface area contributed by atoms with Crippen LogP contribution in [0.2, 0.25) is 0 Å². The lowest BCUT2D eigenvalue weighted by atomic mass is 9.99. The number of nitrogens with zero attached hydrogens (tertiary/aromatic N) is 2. The second-order valence-electron chi connectivity index (χ2n) is 6.74.